The molecule has 142 valence electrons. The molecule has 0 fully saturated rings. The highest BCUT2D eigenvalue weighted by Gasteiger charge is 2.26. The second kappa shape index (κ2) is 8.44. The number of hydrogen-bond acceptors (Lipinski definition) is 3. The van der Waals surface area contributed by atoms with Crippen molar-refractivity contribution < 1.29 is 18.8 Å². The van der Waals surface area contributed by atoms with E-state index in [4.69, 9.17) is 5.73 Å². The molecule has 2 rings (SSSR count). The van der Waals surface area contributed by atoms with E-state index in [9.17, 15) is 18.8 Å². The number of primary amides is 1. The van der Waals surface area contributed by atoms with E-state index < -0.39 is 29.6 Å². The van der Waals surface area contributed by atoms with Gasteiger partial charge < -0.3 is 16.4 Å². The fourth-order valence-corrected chi connectivity index (χ4v) is 2.65. The van der Waals surface area contributed by atoms with E-state index >= 15 is 0 Å². The minimum absolute atomic E-state index is 0.136. The van der Waals surface area contributed by atoms with Crippen LogP contribution >= 0.6 is 0 Å². The van der Waals surface area contributed by atoms with Crippen LogP contribution in [0.1, 0.15) is 40.1 Å². The van der Waals surface area contributed by atoms with Crippen molar-refractivity contribution in [3.63, 3.8) is 0 Å². The van der Waals surface area contributed by atoms with E-state index in [2.05, 4.69) is 10.6 Å². The Morgan fingerprint density at radius 3 is 2.22 bits per heavy atom. The molecule has 1 atom stereocenters. The monoisotopic (exact) mass is 371 g/mol. The van der Waals surface area contributed by atoms with Gasteiger partial charge in [0.15, 0.2) is 0 Å². The van der Waals surface area contributed by atoms with Crippen LogP contribution in [0, 0.1) is 18.7 Å². The topological polar surface area (TPSA) is 101 Å². The molecule has 0 saturated carbocycles. The van der Waals surface area contributed by atoms with Crippen LogP contribution in [0.3, 0.4) is 0 Å². The predicted molar refractivity (Wildman–Crippen MR) is 101 cm³/mol. The van der Waals surface area contributed by atoms with Crippen LogP contribution in [0.5, 0.6) is 0 Å². The molecule has 4 N–H and O–H groups in total. The van der Waals surface area contributed by atoms with Gasteiger partial charge in [-0.15, -0.1) is 0 Å². The van der Waals surface area contributed by atoms with E-state index in [1.807, 2.05) is 0 Å². The number of carbonyl (C=O) groups is 3. The molecule has 0 heterocycles. The summed E-state index contributed by atoms with van der Waals surface area (Å²) in [5, 5.41) is 5.27. The van der Waals surface area contributed by atoms with Crippen molar-refractivity contribution in [1.29, 1.82) is 0 Å². The van der Waals surface area contributed by atoms with Crippen molar-refractivity contribution in [2.24, 2.45) is 11.7 Å². The van der Waals surface area contributed by atoms with Gasteiger partial charge >= 0.3 is 0 Å². The minimum Gasteiger partial charge on any atom is -0.366 e. The Morgan fingerprint density at radius 1 is 1.00 bits per heavy atom. The molecule has 0 aromatic heterocycles. The number of carbonyl (C=O) groups excluding carboxylic acids is 3. The second-order valence-electron chi connectivity index (χ2n) is 6.51. The lowest BCUT2D eigenvalue weighted by atomic mass is 10.0. The molecule has 3 amide bonds. The average Bonchev–Trinajstić information content (AvgIpc) is 2.61. The number of nitrogens with one attached hydrogen (secondary N) is 2. The van der Waals surface area contributed by atoms with Gasteiger partial charge in [-0.25, -0.2) is 4.39 Å². The van der Waals surface area contributed by atoms with Crippen LogP contribution in [-0.2, 0) is 4.79 Å². The highest BCUT2D eigenvalue weighted by atomic mass is 19.1. The summed E-state index contributed by atoms with van der Waals surface area (Å²) in [6.45, 7) is 5.19. The molecule has 6 nitrogen and oxygen atoms in total. The van der Waals surface area contributed by atoms with Gasteiger partial charge in [0.1, 0.15) is 11.9 Å². The second-order valence-corrected chi connectivity index (χ2v) is 6.51. The predicted octanol–water partition coefficient (Wildman–Crippen LogP) is 2.63. The molecular formula is C20H22FN3O3. The quantitative estimate of drug-likeness (QED) is 0.727. The zero-order valence-electron chi connectivity index (χ0n) is 15.4. The molecule has 0 radical (unpaired) electrons. The molecule has 1 unspecified atom stereocenters. The summed E-state index contributed by atoms with van der Waals surface area (Å²) in [7, 11) is 0. The molecule has 2 aromatic carbocycles. The number of anilines is 1. The Kier molecular flexibility index (Phi) is 6.28. The van der Waals surface area contributed by atoms with Crippen LogP contribution in [0.2, 0.25) is 0 Å². The number of halogens is 1. The fraction of sp³-hybridized carbons (Fsp3) is 0.250. The molecule has 0 bridgehead atoms. The van der Waals surface area contributed by atoms with Gasteiger partial charge in [-0.05, 0) is 42.7 Å². The van der Waals surface area contributed by atoms with Gasteiger partial charge in [0.2, 0.25) is 11.8 Å². The highest BCUT2D eigenvalue weighted by molar-refractivity contribution is 6.03. The van der Waals surface area contributed by atoms with Crippen molar-refractivity contribution in [3.8, 4) is 0 Å². The third-order valence-electron chi connectivity index (χ3n) is 4.21. The van der Waals surface area contributed by atoms with Gasteiger partial charge in [0, 0.05) is 11.3 Å². The molecule has 0 aliphatic heterocycles. The lowest BCUT2D eigenvalue weighted by Gasteiger charge is -2.22. The summed E-state index contributed by atoms with van der Waals surface area (Å²) in [6, 6.07) is 9.45. The molecule has 2 aromatic rings. The summed E-state index contributed by atoms with van der Waals surface area (Å²) in [4.78, 5) is 36.5. The standard InChI is InChI=1S/C20H22FN3O3/c1-11(2)17(24-19(26)14-7-4-5-9-15(14)21)20(27)23-16-10-6-8-13(12(16)3)18(22)25/h4-11,17H,1-3H3,(H2,22,25)(H,23,27)(H,24,26). The lowest BCUT2D eigenvalue weighted by Crippen LogP contribution is -2.47. The van der Waals surface area contributed by atoms with E-state index in [1.54, 1.807) is 45.0 Å². The van der Waals surface area contributed by atoms with Crippen LogP contribution in [0.15, 0.2) is 42.5 Å². The Balaban J connectivity index is 2.21. The van der Waals surface area contributed by atoms with E-state index in [0.717, 1.165) is 0 Å². The normalized spacial score (nSPS) is 11.7. The largest absolute Gasteiger partial charge is 0.366 e. The SMILES string of the molecule is Cc1c(NC(=O)C(NC(=O)c2ccccc2F)C(C)C)cccc1C(N)=O. The zero-order valence-corrected chi connectivity index (χ0v) is 15.4. The van der Waals surface area contributed by atoms with Crippen LogP contribution < -0.4 is 16.4 Å². The first-order valence-corrected chi connectivity index (χ1v) is 8.48. The third kappa shape index (κ3) is 4.69. The van der Waals surface area contributed by atoms with Crippen LogP contribution in [0.25, 0.3) is 0 Å². The smallest absolute Gasteiger partial charge is 0.254 e. The Bertz CT molecular complexity index is 881. The molecule has 0 spiro atoms. The van der Waals surface area contributed by atoms with Crippen molar-refractivity contribution in [1.82, 2.24) is 5.32 Å². The van der Waals surface area contributed by atoms with E-state index in [-0.39, 0.29) is 11.5 Å². The molecule has 0 saturated heterocycles. The first-order valence-electron chi connectivity index (χ1n) is 8.48. The summed E-state index contributed by atoms with van der Waals surface area (Å²) in [5.41, 5.74) is 6.43. The van der Waals surface area contributed by atoms with Crippen molar-refractivity contribution >= 4 is 23.4 Å². The first kappa shape index (κ1) is 20.1. The van der Waals surface area contributed by atoms with Gasteiger partial charge in [0.25, 0.3) is 5.91 Å². The number of amides is 3. The molecule has 27 heavy (non-hydrogen) atoms. The summed E-state index contributed by atoms with van der Waals surface area (Å²) in [5.74, 6) is -2.66. The maximum atomic E-state index is 13.8. The number of benzene rings is 2. The Hall–Kier alpha value is -3.22. The fourth-order valence-electron chi connectivity index (χ4n) is 2.65. The van der Waals surface area contributed by atoms with E-state index in [1.165, 1.54) is 18.2 Å². The molecule has 0 aliphatic rings. The van der Waals surface area contributed by atoms with Crippen molar-refractivity contribution in [2.45, 2.75) is 26.8 Å². The number of hydrogen-bond donors (Lipinski definition) is 3. The minimum atomic E-state index is -0.895. The first-order chi connectivity index (χ1) is 12.7. The maximum Gasteiger partial charge on any atom is 0.254 e. The Morgan fingerprint density at radius 2 is 1.63 bits per heavy atom. The third-order valence-corrected chi connectivity index (χ3v) is 4.21. The molecule has 0 aliphatic carbocycles. The molecule has 7 heteroatoms. The summed E-state index contributed by atoms with van der Waals surface area (Å²) >= 11 is 0. The van der Waals surface area contributed by atoms with Gasteiger partial charge in [-0.1, -0.05) is 32.0 Å². The van der Waals surface area contributed by atoms with Crippen LogP contribution in [-0.4, -0.2) is 23.8 Å². The van der Waals surface area contributed by atoms with Gasteiger partial charge in [-0.2, -0.15) is 0 Å². The average molecular weight is 371 g/mol. The zero-order chi connectivity index (χ0) is 20.1. The molecular weight excluding hydrogens is 349 g/mol. The van der Waals surface area contributed by atoms with Gasteiger partial charge in [-0.3, -0.25) is 14.4 Å². The van der Waals surface area contributed by atoms with Crippen molar-refractivity contribution in [2.75, 3.05) is 5.32 Å². The summed E-state index contributed by atoms with van der Waals surface area (Å²) in [6.07, 6.45) is 0. The lowest BCUT2D eigenvalue weighted by molar-refractivity contribution is -0.118. The van der Waals surface area contributed by atoms with Gasteiger partial charge in [0.05, 0.1) is 5.56 Å². The highest BCUT2D eigenvalue weighted by Crippen LogP contribution is 2.19. The van der Waals surface area contributed by atoms with Crippen molar-refractivity contribution in [3.05, 3.63) is 65.0 Å². The maximum absolute atomic E-state index is 13.8. The van der Waals surface area contributed by atoms with E-state index in [0.29, 0.717) is 16.8 Å². The summed E-state index contributed by atoms with van der Waals surface area (Å²) < 4.78 is 13.8. The number of nitrogens with two attached hydrogens (primary N) is 1. The Labute approximate surface area is 156 Å². The number of rotatable bonds is 6. The van der Waals surface area contributed by atoms with Crippen LogP contribution in [0.4, 0.5) is 10.1 Å².